The highest BCUT2D eigenvalue weighted by atomic mass is 35.5. The second-order valence-electron chi connectivity index (χ2n) is 8.73. The van der Waals surface area contributed by atoms with Gasteiger partial charge in [-0.3, -0.25) is 4.98 Å². The molecule has 0 bridgehead atoms. The lowest BCUT2D eigenvalue weighted by Crippen LogP contribution is -2.41. The number of para-hydroxylation sites is 1. The lowest BCUT2D eigenvalue weighted by Gasteiger charge is -2.35. The molecule has 0 N–H and O–H groups in total. The van der Waals surface area contributed by atoms with Crippen molar-refractivity contribution in [1.29, 1.82) is 0 Å². The molecular weight excluding hydrogens is 404 g/mol. The van der Waals surface area contributed by atoms with E-state index in [0.717, 1.165) is 35.6 Å². The molecule has 1 atom stereocenters. The Kier molecular flexibility index (Phi) is 5.78. The van der Waals surface area contributed by atoms with E-state index in [-0.39, 0.29) is 12.2 Å². The molecule has 4 rings (SSSR count). The van der Waals surface area contributed by atoms with Gasteiger partial charge in [-0.15, -0.1) is 0 Å². The number of rotatable bonds is 2. The van der Waals surface area contributed by atoms with Crippen molar-refractivity contribution >= 4 is 17.7 Å². The van der Waals surface area contributed by atoms with Crippen LogP contribution < -0.4 is 9.47 Å². The number of ether oxygens (including phenoxy) is 3. The van der Waals surface area contributed by atoms with Crippen LogP contribution in [0, 0.1) is 0 Å². The van der Waals surface area contributed by atoms with Gasteiger partial charge in [-0.05, 0) is 57.7 Å². The molecule has 3 heterocycles. The Morgan fingerprint density at radius 1 is 1.20 bits per heavy atom. The number of fused-ring (bicyclic) bond motifs is 1. The van der Waals surface area contributed by atoms with Gasteiger partial charge in [0, 0.05) is 24.8 Å². The van der Waals surface area contributed by atoms with Gasteiger partial charge in [-0.1, -0.05) is 23.7 Å². The predicted octanol–water partition coefficient (Wildman–Crippen LogP) is 5.36. The number of aromatic nitrogens is 1. The Hall–Kier alpha value is -2.47. The zero-order valence-electron chi connectivity index (χ0n) is 17.6. The minimum Gasteiger partial charge on any atom is -0.485 e. The fourth-order valence-corrected chi connectivity index (χ4v) is 3.98. The van der Waals surface area contributed by atoms with Gasteiger partial charge in [0.15, 0.2) is 17.6 Å². The first-order valence-corrected chi connectivity index (χ1v) is 10.7. The third-order valence-corrected chi connectivity index (χ3v) is 5.55. The second-order valence-corrected chi connectivity index (χ2v) is 9.17. The first-order chi connectivity index (χ1) is 14.3. The van der Waals surface area contributed by atoms with Crippen LogP contribution in [0.15, 0.2) is 36.5 Å². The van der Waals surface area contributed by atoms with Crippen LogP contribution in [0.5, 0.6) is 11.5 Å². The van der Waals surface area contributed by atoms with Gasteiger partial charge >= 0.3 is 6.09 Å². The highest BCUT2D eigenvalue weighted by molar-refractivity contribution is 6.30. The van der Waals surface area contributed by atoms with Crippen LogP contribution in [0.3, 0.4) is 0 Å². The van der Waals surface area contributed by atoms with Crippen LogP contribution in [0.4, 0.5) is 4.79 Å². The lowest BCUT2D eigenvalue weighted by molar-refractivity contribution is 0.0203. The average Bonchev–Trinajstić information content (AvgIpc) is 2.72. The van der Waals surface area contributed by atoms with Crippen LogP contribution in [0.25, 0.3) is 0 Å². The van der Waals surface area contributed by atoms with Crippen molar-refractivity contribution in [1.82, 2.24) is 9.88 Å². The number of benzene rings is 1. The zero-order valence-corrected chi connectivity index (χ0v) is 18.3. The molecule has 1 aromatic carbocycles. The first-order valence-electron chi connectivity index (χ1n) is 10.3. The maximum absolute atomic E-state index is 12.3. The van der Waals surface area contributed by atoms with Crippen molar-refractivity contribution in [2.24, 2.45) is 0 Å². The first kappa shape index (κ1) is 20.8. The number of pyridine rings is 1. The quantitative estimate of drug-likeness (QED) is 0.641. The van der Waals surface area contributed by atoms with Crippen LogP contribution in [-0.4, -0.2) is 41.3 Å². The van der Waals surface area contributed by atoms with Crippen molar-refractivity contribution in [3.63, 3.8) is 0 Å². The molecule has 7 heteroatoms. The van der Waals surface area contributed by atoms with Crippen molar-refractivity contribution in [2.45, 2.75) is 51.2 Å². The fourth-order valence-electron chi connectivity index (χ4n) is 3.87. The van der Waals surface area contributed by atoms with E-state index in [2.05, 4.69) is 11.1 Å². The van der Waals surface area contributed by atoms with Gasteiger partial charge in [0.05, 0.1) is 10.7 Å². The SMILES string of the molecule is CC(C)(C)OC(=O)N1CCC(c2cccc3c2OC[C@H](c2ccc(Cl)cn2)O3)CC1. The number of hydrogen-bond acceptors (Lipinski definition) is 5. The molecule has 2 aliphatic rings. The van der Waals surface area contributed by atoms with Gasteiger partial charge in [0.2, 0.25) is 0 Å². The summed E-state index contributed by atoms with van der Waals surface area (Å²) in [4.78, 5) is 18.5. The lowest BCUT2D eigenvalue weighted by atomic mass is 9.88. The van der Waals surface area contributed by atoms with E-state index in [0.29, 0.717) is 30.6 Å². The molecule has 0 aliphatic carbocycles. The molecule has 0 unspecified atom stereocenters. The molecule has 6 nitrogen and oxygen atoms in total. The van der Waals surface area contributed by atoms with E-state index in [9.17, 15) is 4.79 Å². The Labute approximate surface area is 182 Å². The van der Waals surface area contributed by atoms with E-state index < -0.39 is 5.60 Å². The molecule has 160 valence electrons. The van der Waals surface area contributed by atoms with Crippen LogP contribution in [-0.2, 0) is 4.74 Å². The molecule has 1 amide bonds. The summed E-state index contributed by atoms with van der Waals surface area (Å²) in [5, 5.41) is 0.593. The van der Waals surface area contributed by atoms with Crippen LogP contribution >= 0.6 is 11.6 Å². The molecule has 1 aromatic heterocycles. The van der Waals surface area contributed by atoms with Gasteiger partial charge < -0.3 is 19.1 Å². The van der Waals surface area contributed by atoms with Gasteiger partial charge in [0.25, 0.3) is 0 Å². The molecule has 0 radical (unpaired) electrons. The van der Waals surface area contributed by atoms with E-state index in [1.807, 2.05) is 39.0 Å². The number of hydrogen-bond donors (Lipinski definition) is 0. The summed E-state index contributed by atoms with van der Waals surface area (Å²) in [6.45, 7) is 7.40. The number of piperidine rings is 1. The van der Waals surface area contributed by atoms with E-state index in [1.165, 1.54) is 0 Å². The molecule has 1 saturated heterocycles. The summed E-state index contributed by atoms with van der Waals surface area (Å²) in [6.07, 6.45) is 2.83. The van der Waals surface area contributed by atoms with Crippen molar-refractivity contribution in [3.8, 4) is 11.5 Å². The van der Waals surface area contributed by atoms with Crippen LogP contribution in [0.1, 0.15) is 56.9 Å². The number of halogens is 1. The van der Waals surface area contributed by atoms with Crippen LogP contribution in [0.2, 0.25) is 5.02 Å². The number of amides is 1. The molecule has 2 aliphatic heterocycles. The Morgan fingerprint density at radius 3 is 2.63 bits per heavy atom. The maximum Gasteiger partial charge on any atom is 0.410 e. The second kappa shape index (κ2) is 8.34. The highest BCUT2D eigenvalue weighted by Crippen LogP contribution is 2.44. The monoisotopic (exact) mass is 430 g/mol. The molecule has 0 spiro atoms. The number of likely N-dealkylation sites (tertiary alicyclic amines) is 1. The molecular formula is C23H27ClN2O4. The smallest absolute Gasteiger partial charge is 0.410 e. The van der Waals surface area contributed by atoms with E-state index in [1.54, 1.807) is 17.2 Å². The molecule has 0 saturated carbocycles. The van der Waals surface area contributed by atoms with Gasteiger partial charge in [0.1, 0.15) is 12.2 Å². The molecule has 1 fully saturated rings. The highest BCUT2D eigenvalue weighted by Gasteiger charge is 2.32. The fraction of sp³-hybridized carbons (Fsp3) is 0.478. The van der Waals surface area contributed by atoms with Crippen molar-refractivity contribution < 1.29 is 19.0 Å². The predicted molar refractivity (Wildman–Crippen MR) is 114 cm³/mol. The van der Waals surface area contributed by atoms with Crippen molar-refractivity contribution in [3.05, 3.63) is 52.8 Å². The third-order valence-electron chi connectivity index (χ3n) is 5.32. The van der Waals surface area contributed by atoms with E-state index >= 15 is 0 Å². The van der Waals surface area contributed by atoms with Gasteiger partial charge in [-0.2, -0.15) is 0 Å². The normalized spacial score (nSPS) is 19.5. The Bertz CT molecular complexity index is 902. The Morgan fingerprint density at radius 2 is 1.97 bits per heavy atom. The molecule has 2 aromatic rings. The largest absolute Gasteiger partial charge is 0.485 e. The standard InChI is InChI=1S/C23H27ClN2O4/c1-23(2,3)30-22(27)26-11-9-15(10-12-26)17-5-4-6-19-21(17)28-14-20(29-19)18-8-7-16(24)13-25-18/h4-8,13,15,20H,9-12,14H2,1-3H3/t20-/m1/s1. The number of carbonyl (C=O) groups excluding carboxylic acids is 1. The third kappa shape index (κ3) is 4.64. The number of carbonyl (C=O) groups is 1. The zero-order chi connectivity index (χ0) is 21.3. The van der Waals surface area contributed by atoms with Gasteiger partial charge in [-0.25, -0.2) is 4.79 Å². The summed E-state index contributed by atoms with van der Waals surface area (Å²) >= 11 is 5.93. The van der Waals surface area contributed by atoms with Crippen molar-refractivity contribution in [2.75, 3.05) is 19.7 Å². The summed E-state index contributed by atoms with van der Waals surface area (Å²) in [5.41, 5.74) is 1.45. The Balaban J connectivity index is 1.43. The molecule has 30 heavy (non-hydrogen) atoms. The topological polar surface area (TPSA) is 60.9 Å². The minimum absolute atomic E-state index is 0.242. The average molecular weight is 431 g/mol. The minimum atomic E-state index is -0.479. The summed E-state index contributed by atoms with van der Waals surface area (Å²) in [5.74, 6) is 1.85. The van der Waals surface area contributed by atoms with E-state index in [4.69, 9.17) is 25.8 Å². The summed E-state index contributed by atoms with van der Waals surface area (Å²) in [6, 6.07) is 9.68. The summed E-state index contributed by atoms with van der Waals surface area (Å²) < 4.78 is 17.8. The maximum atomic E-state index is 12.3. The summed E-state index contributed by atoms with van der Waals surface area (Å²) in [7, 11) is 0. The number of nitrogens with zero attached hydrogens (tertiary/aromatic N) is 2.